The van der Waals surface area contributed by atoms with E-state index in [4.69, 9.17) is 0 Å². The maximum atomic E-state index is 12.7. The van der Waals surface area contributed by atoms with Gasteiger partial charge in [0.2, 0.25) is 0 Å². The van der Waals surface area contributed by atoms with Gasteiger partial charge < -0.3 is 5.32 Å². The molecule has 1 N–H and O–H groups in total. The van der Waals surface area contributed by atoms with Gasteiger partial charge in [-0.3, -0.25) is 0 Å². The van der Waals surface area contributed by atoms with Crippen LogP contribution in [-0.2, 0) is 6.42 Å². The highest BCUT2D eigenvalue weighted by Crippen LogP contribution is 2.18. The Morgan fingerprint density at radius 2 is 1.75 bits per heavy atom. The fraction of sp³-hybridized carbons (Fsp3) is 0.538. The number of hydrogen-bond donors (Lipinski definition) is 1. The lowest BCUT2D eigenvalue weighted by Gasteiger charge is -2.22. The van der Waals surface area contributed by atoms with Crippen molar-refractivity contribution in [1.29, 1.82) is 0 Å². The Kier molecular flexibility index (Phi) is 5.78. The topological polar surface area (TPSA) is 12.0 Å². The smallest absolute Gasteiger partial charge is 0.123 e. The van der Waals surface area contributed by atoms with E-state index in [0.717, 1.165) is 25.4 Å². The lowest BCUT2D eigenvalue weighted by molar-refractivity contribution is 0.354. The molecule has 1 nitrogen and oxygen atoms in total. The van der Waals surface area contributed by atoms with Crippen LogP contribution in [0.1, 0.15) is 24.8 Å². The molecule has 0 unspecified atom stereocenters. The molecule has 1 aromatic carbocycles. The number of piperidine rings is 1. The van der Waals surface area contributed by atoms with E-state index in [1.54, 1.807) is 12.1 Å². The molecule has 0 aliphatic carbocycles. The molecule has 0 spiro atoms. The third-order valence-electron chi connectivity index (χ3n) is 3.21. The van der Waals surface area contributed by atoms with Crippen LogP contribution in [0.2, 0.25) is 0 Å². The highest BCUT2D eigenvalue weighted by atomic mass is 35.5. The van der Waals surface area contributed by atoms with Crippen molar-refractivity contribution >= 4 is 12.4 Å². The fourth-order valence-corrected chi connectivity index (χ4v) is 2.19. The van der Waals surface area contributed by atoms with Gasteiger partial charge in [-0.15, -0.1) is 12.4 Å². The van der Waals surface area contributed by atoms with Crippen LogP contribution in [0, 0.1) is 11.7 Å². The average molecular weight is 244 g/mol. The fourth-order valence-electron chi connectivity index (χ4n) is 2.19. The van der Waals surface area contributed by atoms with Crippen LogP contribution < -0.4 is 5.32 Å². The molecule has 3 heteroatoms. The third-order valence-corrected chi connectivity index (χ3v) is 3.21. The van der Waals surface area contributed by atoms with Crippen molar-refractivity contribution in [3.8, 4) is 0 Å². The van der Waals surface area contributed by atoms with Crippen molar-refractivity contribution in [2.24, 2.45) is 5.92 Å². The Hall–Kier alpha value is -0.600. The molecule has 2 rings (SSSR count). The van der Waals surface area contributed by atoms with E-state index in [1.807, 2.05) is 12.1 Å². The number of halogens is 2. The first-order valence-electron chi connectivity index (χ1n) is 5.80. The molecule has 0 amide bonds. The van der Waals surface area contributed by atoms with Crippen molar-refractivity contribution in [3.63, 3.8) is 0 Å². The summed E-state index contributed by atoms with van der Waals surface area (Å²) in [5.74, 6) is 0.719. The monoisotopic (exact) mass is 243 g/mol. The van der Waals surface area contributed by atoms with Gasteiger partial charge in [0.1, 0.15) is 5.82 Å². The van der Waals surface area contributed by atoms with Crippen molar-refractivity contribution in [2.45, 2.75) is 25.7 Å². The Labute approximate surface area is 103 Å². The predicted octanol–water partition coefficient (Wildman–Crippen LogP) is 3.18. The summed E-state index contributed by atoms with van der Waals surface area (Å²) < 4.78 is 12.7. The second-order valence-corrected chi connectivity index (χ2v) is 4.36. The molecule has 0 saturated carbocycles. The molecule has 0 bridgehead atoms. The number of aryl methyl sites for hydroxylation is 1. The van der Waals surface area contributed by atoms with Crippen LogP contribution in [-0.4, -0.2) is 13.1 Å². The quantitative estimate of drug-likeness (QED) is 0.860. The first-order chi connectivity index (χ1) is 7.34. The van der Waals surface area contributed by atoms with Crippen LogP contribution in [0.4, 0.5) is 4.39 Å². The van der Waals surface area contributed by atoms with Gasteiger partial charge in [0.15, 0.2) is 0 Å². The zero-order valence-corrected chi connectivity index (χ0v) is 10.2. The predicted molar refractivity (Wildman–Crippen MR) is 67.6 cm³/mol. The summed E-state index contributed by atoms with van der Waals surface area (Å²) in [4.78, 5) is 0. The molecule has 1 aromatic rings. The highest BCUT2D eigenvalue weighted by molar-refractivity contribution is 5.85. The minimum atomic E-state index is -0.138. The van der Waals surface area contributed by atoms with Crippen molar-refractivity contribution in [3.05, 3.63) is 35.6 Å². The summed E-state index contributed by atoms with van der Waals surface area (Å²) in [7, 11) is 0. The summed E-state index contributed by atoms with van der Waals surface area (Å²) >= 11 is 0. The van der Waals surface area contributed by atoms with Gasteiger partial charge in [-0.05, 0) is 62.4 Å². The van der Waals surface area contributed by atoms with E-state index in [0.29, 0.717) is 0 Å². The van der Waals surface area contributed by atoms with E-state index in [1.165, 1.54) is 24.8 Å². The van der Waals surface area contributed by atoms with Gasteiger partial charge >= 0.3 is 0 Å². The largest absolute Gasteiger partial charge is 0.317 e. The van der Waals surface area contributed by atoms with Crippen molar-refractivity contribution < 1.29 is 4.39 Å². The van der Waals surface area contributed by atoms with E-state index >= 15 is 0 Å². The van der Waals surface area contributed by atoms with Crippen molar-refractivity contribution in [2.75, 3.05) is 13.1 Å². The Bertz CT molecular complexity index is 293. The maximum Gasteiger partial charge on any atom is 0.123 e. The van der Waals surface area contributed by atoms with Crippen LogP contribution >= 0.6 is 12.4 Å². The summed E-state index contributed by atoms with van der Waals surface area (Å²) in [5, 5.41) is 3.37. The van der Waals surface area contributed by atoms with E-state index in [2.05, 4.69) is 5.32 Å². The first-order valence-corrected chi connectivity index (χ1v) is 5.80. The normalized spacial score (nSPS) is 16.8. The number of hydrogen-bond acceptors (Lipinski definition) is 1. The lowest BCUT2D eigenvalue weighted by Crippen LogP contribution is -2.27. The standard InChI is InChI=1S/C13H18FN.ClH/c14-13-5-3-11(4-6-13)1-2-12-7-9-15-10-8-12;/h3-6,12,15H,1-2,7-10H2;1H. The van der Waals surface area contributed by atoms with Crippen LogP contribution in [0.15, 0.2) is 24.3 Å². The van der Waals surface area contributed by atoms with Crippen LogP contribution in [0.3, 0.4) is 0 Å². The molecular formula is C13H19ClFN. The molecule has 0 atom stereocenters. The maximum absolute atomic E-state index is 12.7. The molecule has 1 heterocycles. The molecular weight excluding hydrogens is 225 g/mol. The molecule has 1 fully saturated rings. The Morgan fingerprint density at radius 1 is 1.12 bits per heavy atom. The van der Waals surface area contributed by atoms with Gasteiger partial charge in [0, 0.05) is 0 Å². The van der Waals surface area contributed by atoms with Gasteiger partial charge in [0.05, 0.1) is 0 Å². The molecule has 90 valence electrons. The molecule has 1 saturated heterocycles. The van der Waals surface area contributed by atoms with E-state index in [9.17, 15) is 4.39 Å². The Morgan fingerprint density at radius 3 is 2.38 bits per heavy atom. The Balaban J connectivity index is 0.00000128. The minimum absolute atomic E-state index is 0. The van der Waals surface area contributed by atoms with Crippen LogP contribution in [0.5, 0.6) is 0 Å². The molecule has 0 aromatic heterocycles. The summed E-state index contributed by atoms with van der Waals surface area (Å²) in [5.41, 5.74) is 1.26. The van der Waals surface area contributed by atoms with Crippen molar-refractivity contribution in [1.82, 2.24) is 5.32 Å². The van der Waals surface area contributed by atoms with Gasteiger partial charge in [-0.1, -0.05) is 12.1 Å². The van der Waals surface area contributed by atoms with Gasteiger partial charge in [-0.2, -0.15) is 0 Å². The first kappa shape index (κ1) is 13.5. The highest BCUT2D eigenvalue weighted by Gasteiger charge is 2.12. The zero-order chi connectivity index (χ0) is 10.5. The SMILES string of the molecule is Cl.Fc1ccc(CCC2CCNCC2)cc1. The summed E-state index contributed by atoms with van der Waals surface area (Å²) in [6.07, 6.45) is 4.92. The summed E-state index contributed by atoms with van der Waals surface area (Å²) in [6.45, 7) is 2.32. The molecule has 1 aliphatic rings. The van der Waals surface area contributed by atoms with Gasteiger partial charge in [-0.25, -0.2) is 4.39 Å². The number of benzene rings is 1. The van der Waals surface area contributed by atoms with Gasteiger partial charge in [0.25, 0.3) is 0 Å². The van der Waals surface area contributed by atoms with Crippen LogP contribution in [0.25, 0.3) is 0 Å². The zero-order valence-electron chi connectivity index (χ0n) is 9.42. The van der Waals surface area contributed by atoms with E-state index < -0.39 is 0 Å². The second kappa shape index (κ2) is 6.87. The van der Waals surface area contributed by atoms with E-state index in [-0.39, 0.29) is 18.2 Å². The molecule has 1 aliphatic heterocycles. The lowest BCUT2D eigenvalue weighted by atomic mass is 9.91. The summed E-state index contributed by atoms with van der Waals surface area (Å²) in [6, 6.07) is 6.91. The second-order valence-electron chi connectivity index (χ2n) is 4.36. The molecule has 16 heavy (non-hydrogen) atoms. The minimum Gasteiger partial charge on any atom is -0.317 e. The molecule has 0 radical (unpaired) electrons. The average Bonchev–Trinajstić information content (AvgIpc) is 2.30. The third kappa shape index (κ3) is 4.11. The number of nitrogens with one attached hydrogen (secondary N) is 1. The number of rotatable bonds is 3.